The number of ether oxygens (including phenoxy) is 1. The van der Waals surface area contributed by atoms with Crippen LogP contribution in [0.2, 0.25) is 0 Å². The van der Waals surface area contributed by atoms with Crippen LogP contribution in [0.1, 0.15) is 44.2 Å². The summed E-state index contributed by atoms with van der Waals surface area (Å²) in [6, 6.07) is 8.05. The predicted octanol–water partition coefficient (Wildman–Crippen LogP) is 2.42. The van der Waals surface area contributed by atoms with Crippen LogP contribution in [0.5, 0.6) is 5.75 Å². The molecule has 0 N–H and O–H groups in total. The van der Waals surface area contributed by atoms with Crippen LogP contribution in [0.4, 0.5) is 0 Å². The number of hydrogen-bond donors (Lipinski definition) is 0. The molecule has 0 saturated carbocycles. The Hall–Kier alpha value is -1.60. The van der Waals surface area contributed by atoms with Gasteiger partial charge >= 0.3 is 0 Å². The first-order valence-corrected chi connectivity index (χ1v) is 11.0. The molecule has 1 aromatic rings. The molecule has 7 heteroatoms. The molecule has 2 aliphatic rings. The zero-order valence-electron chi connectivity index (χ0n) is 15.6. The van der Waals surface area contributed by atoms with Gasteiger partial charge in [-0.2, -0.15) is 0 Å². The molecule has 1 atom stereocenters. The van der Waals surface area contributed by atoms with Crippen molar-refractivity contribution in [2.75, 3.05) is 32.5 Å². The Bertz CT molecular complexity index is 724. The van der Waals surface area contributed by atoms with Gasteiger partial charge in [-0.05, 0) is 50.3 Å². The zero-order chi connectivity index (χ0) is 18.7. The molecular formula is C19H28N2O4S. The van der Waals surface area contributed by atoms with Gasteiger partial charge in [0, 0.05) is 25.6 Å². The molecule has 0 bridgehead atoms. The second kappa shape index (κ2) is 7.96. The van der Waals surface area contributed by atoms with Crippen LogP contribution in [-0.2, 0) is 14.8 Å². The predicted molar refractivity (Wildman–Crippen MR) is 100 cm³/mol. The van der Waals surface area contributed by atoms with E-state index in [0.717, 1.165) is 30.7 Å². The van der Waals surface area contributed by atoms with Crippen LogP contribution in [0.25, 0.3) is 0 Å². The number of likely N-dealkylation sites (tertiary alicyclic amines) is 1. The molecule has 1 aromatic carbocycles. The first kappa shape index (κ1) is 19.2. The molecule has 2 saturated heterocycles. The number of carbonyl (C=O) groups excluding carboxylic acids is 1. The Morgan fingerprint density at radius 3 is 2.35 bits per heavy atom. The lowest BCUT2D eigenvalue weighted by atomic mass is 9.95. The molecule has 144 valence electrons. The number of piperidine rings is 1. The second-order valence-electron chi connectivity index (χ2n) is 7.04. The lowest BCUT2D eigenvalue weighted by Gasteiger charge is -2.34. The molecule has 2 fully saturated rings. The van der Waals surface area contributed by atoms with Gasteiger partial charge in [-0.15, -0.1) is 0 Å². The van der Waals surface area contributed by atoms with E-state index in [0.29, 0.717) is 25.9 Å². The first-order chi connectivity index (χ1) is 12.5. The average Bonchev–Trinajstić information content (AvgIpc) is 3.17. The summed E-state index contributed by atoms with van der Waals surface area (Å²) in [6.07, 6.45) is 3.21. The Balaban J connectivity index is 1.65. The lowest BCUT2D eigenvalue weighted by Crippen LogP contribution is -2.44. The van der Waals surface area contributed by atoms with E-state index < -0.39 is 10.0 Å². The summed E-state index contributed by atoms with van der Waals surface area (Å²) >= 11 is 0. The van der Waals surface area contributed by atoms with Crippen LogP contribution in [0.15, 0.2) is 24.3 Å². The van der Waals surface area contributed by atoms with Gasteiger partial charge in [0.2, 0.25) is 15.9 Å². The highest BCUT2D eigenvalue weighted by Gasteiger charge is 2.36. The molecule has 0 unspecified atom stereocenters. The molecule has 0 radical (unpaired) electrons. The highest BCUT2D eigenvalue weighted by Crippen LogP contribution is 2.35. The number of methoxy groups -OCH3 is 1. The molecule has 2 heterocycles. The zero-order valence-corrected chi connectivity index (χ0v) is 16.4. The van der Waals surface area contributed by atoms with Crippen LogP contribution in [0.3, 0.4) is 0 Å². The Labute approximate surface area is 156 Å². The molecule has 1 amide bonds. The average molecular weight is 381 g/mol. The van der Waals surface area contributed by atoms with Crippen molar-refractivity contribution in [3.8, 4) is 5.75 Å². The molecule has 0 aliphatic carbocycles. The van der Waals surface area contributed by atoms with Gasteiger partial charge in [-0.25, -0.2) is 12.7 Å². The summed E-state index contributed by atoms with van der Waals surface area (Å²) in [6.45, 7) is 3.35. The third-order valence-corrected chi connectivity index (χ3v) is 7.48. The topological polar surface area (TPSA) is 66.9 Å². The van der Waals surface area contributed by atoms with E-state index in [1.54, 1.807) is 14.0 Å². The molecular weight excluding hydrogens is 352 g/mol. The molecule has 2 aliphatic heterocycles. The number of hydrogen-bond acceptors (Lipinski definition) is 4. The summed E-state index contributed by atoms with van der Waals surface area (Å²) < 4.78 is 30.7. The smallest absolute Gasteiger partial charge is 0.226 e. The first-order valence-electron chi connectivity index (χ1n) is 9.38. The van der Waals surface area contributed by atoms with Crippen LogP contribution in [0, 0.1) is 5.92 Å². The fourth-order valence-corrected chi connectivity index (χ4v) is 5.13. The number of carbonyl (C=O) groups is 1. The number of amides is 1. The normalized spacial score (nSPS) is 22.5. The molecule has 3 rings (SSSR count). The maximum Gasteiger partial charge on any atom is 0.226 e. The minimum absolute atomic E-state index is 0.0721. The number of sulfonamides is 1. The quantitative estimate of drug-likeness (QED) is 0.787. The number of benzene rings is 1. The molecule has 0 spiro atoms. The Morgan fingerprint density at radius 2 is 1.77 bits per heavy atom. The lowest BCUT2D eigenvalue weighted by molar-refractivity contribution is -0.137. The van der Waals surface area contributed by atoms with E-state index >= 15 is 0 Å². The summed E-state index contributed by atoms with van der Waals surface area (Å²) in [7, 11) is -1.51. The van der Waals surface area contributed by atoms with Crippen molar-refractivity contribution in [3.63, 3.8) is 0 Å². The van der Waals surface area contributed by atoms with Gasteiger partial charge in [0.1, 0.15) is 5.75 Å². The van der Waals surface area contributed by atoms with Gasteiger partial charge in [-0.3, -0.25) is 4.79 Å². The van der Waals surface area contributed by atoms with E-state index in [2.05, 4.69) is 0 Å². The van der Waals surface area contributed by atoms with Crippen molar-refractivity contribution in [3.05, 3.63) is 29.8 Å². The van der Waals surface area contributed by atoms with Crippen molar-refractivity contribution < 1.29 is 17.9 Å². The minimum atomic E-state index is -3.15. The summed E-state index contributed by atoms with van der Waals surface area (Å²) in [4.78, 5) is 15.1. The summed E-state index contributed by atoms with van der Waals surface area (Å²) in [5.41, 5.74) is 1.14. The third-order valence-electron chi connectivity index (χ3n) is 5.60. The van der Waals surface area contributed by atoms with E-state index in [1.807, 2.05) is 29.2 Å². The van der Waals surface area contributed by atoms with Crippen LogP contribution >= 0.6 is 0 Å². The standard InChI is InChI=1S/C19H28N2O4S/c1-3-26(23,24)20-13-10-16(11-14-20)19(22)21-12-4-5-18(21)15-6-8-17(25-2)9-7-15/h6-9,16,18H,3-5,10-14H2,1-2H3/t18-/m1/s1. The van der Waals surface area contributed by atoms with Crippen LogP contribution in [-0.4, -0.2) is 56.0 Å². The highest BCUT2D eigenvalue weighted by molar-refractivity contribution is 7.89. The fraction of sp³-hybridized carbons (Fsp3) is 0.632. The largest absolute Gasteiger partial charge is 0.497 e. The maximum absolute atomic E-state index is 13.1. The number of nitrogens with zero attached hydrogens (tertiary/aromatic N) is 2. The van der Waals surface area contributed by atoms with E-state index in [4.69, 9.17) is 4.74 Å². The van der Waals surface area contributed by atoms with Crippen molar-refractivity contribution in [2.45, 2.75) is 38.6 Å². The van der Waals surface area contributed by atoms with Crippen molar-refractivity contribution >= 4 is 15.9 Å². The molecule has 26 heavy (non-hydrogen) atoms. The van der Waals surface area contributed by atoms with Gasteiger partial charge in [0.25, 0.3) is 0 Å². The van der Waals surface area contributed by atoms with Gasteiger partial charge in [0.05, 0.1) is 18.9 Å². The van der Waals surface area contributed by atoms with Crippen LogP contribution < -0.4 is 4.74 Å². The van der Waals surface area contributed by atoms with E-state index in [9.17, 15) is 13.2 Å². The van der Waals surface area contributed by atoms with Crippen molar-refractivity contribution in [1.82, 2.24) is 9.21 Å². The van der Waals surface area contributed by atoms with Gasteiger partial charge in [0.15, 0.2) is 0 Å². The minimum Gasteiger partial charge on any atom is -0.497 e. The van der Waals surface area contributed by atoms with E-state index in [1.165, 1.54) is 4.31 Å². The summed E-state index contributed by atoms with van der Waals surface area (Å²) in [5.74, 6) is 1.04. The van der Waals surface area contributed by atoms with Crippen molar-refractivity contribution in [1.29, 1.82) is 0 Å². The van der Waals surface area contributed by atoms with E-state index in [-0.39, 0.29) is 23.6 Å². The Kier molecular flexibility index (Phi) is 5.87. The third kappa shape index (κ3) is 3.88. The number of rotatable bonds is 5. The maximum atomic E-state index is 13.1. The van der Waals surface area contributed by atoms with Gasteiger partial charge < -0.3 is 9.64 Å². The van der Waals surface area contributed by atoms with Crippen molar-refractivity contribution in [2.24, 2.45) is 5.92 Å². The Morgan fingerprint density at radius 1 is 1.12 bits per heavy atom. The molecule has 6 nitrogen and oxygen atoms in total. The monoisotopic (exact) mass is 380 g/mol. The SMILES string of the molecule is CCS(=O)(=O)N1CCC(C(=O)N2CCC[C@@H]2c2ccc(OC)cc2)CC1. The summed E-state index contributed by atoms with van der Waals surface area (Å²) in [5, 5.41) is 0. The second-order valence-corrected chi connectivity index (χ2v) is 9.29. The van der Waals surface area contributed by atoms with Gasteiger partial charge in [-0.1, -0.05) is 12.1 Å². The highest BCUT2D eigenvalue weighted by atomic mass is 32.2. The molecule has 0 aromatic heterocycles. The fourth-order valence-electron chi connectivity index (χ4n) is 4.00.